The van der Waals surface area contributed by atoms with Gasteiger partial charge in [0.05, 0.1) is 17.6 Å². The maximum Gasteiger partial charge on any atom is 0.116 e. The van der Waals surface area contributed by atoms with Gasteiger partial charge in [-0.1, -0.05) is 25.7 Å². The first-order valence-electron chi connectivity index (χ1n) is 10.00. The van der Waals surface area contributed by atoms with Gasteiger partial charge in [0.2, 0.25) is 0 Å². The fourth-order valence-electron chi connectivity index (χ4n) is 4.68. The van der Waals surface area contributed by atoms with E-state index in [1.807, 2.05) is 6.92 Å². The van der Waals surface area contributed by atoms with Crippen LogP contribution in [-0.4, -0.2) is 16.5 Å². The minimum absolute atomic E-state index is 0.382. The molecule has 27 heavy (non-hydrogen) atoms. The van der Waals surface area contributed by atoms with Crippen molar-refractivity contribution in [3.05, 3.63) is 48.8 Å². The van der Waals surface area contributed by atoms with E-state index in [1.165, 1.54) is 44.1 Å². The molecule has 4 N–H and O–H groups in total. The molecule has 0 atom stereocenters. The quantitative estimate of drug-likeness (QED) is 0.587. The summed E-state index contributed by atoms with van der Waals surface area (Å²) in [6.45, 7) is 13.6. The minimum atomic E-state index is 0.382. The zero-order chi connectivity index (χ0) is 19.5. The second-order valence-corrected chi connectivity index (χ2v) is 8.39. The van der Waals surface area contributed by atoms with E-state index in [9.17, 15) is 0 Å². The number of aromatic nitrogens is 2. The fraction of sp³-hybridized carbons (Fsp3) is 0.545. The van der Waals surface area contributed by atoms with Crippen LogP contribution in [0.1, 0.15) is 64.5 Å². The first kappa shape index (κ1) is 19.5. The molecule has 1 aromatic rings. The highest BCUT2D eigenvalue weighted by Gasteiger charge is 2.49. The van der Waals surface area contributed by atoms with E-state index in [4.69, 9.17) is 5.73 Å². The van der Waals surface area contributed by atoms with Crippen LogP contribution in [0.4, 0.5) is 5.69 Å². The third kappa shape index (κ3) is 4.02. The summed E-state index contributed by atoms with van der Waals surface area (Å²) in [6.07, 6.45) is 13.8. The van der Waals surface area contributed by atoms with Gasteiger partial charge in [0.15, 0.2) is 0 Å². The number of anilines is 1. The molecule has 5 nitrogen and oxygen atoms in total. The van der Waals surface area contributed by atoms with Crippen molar-refractivity contribution in [3.63, 3.8) is 0 Å². The zero-order valence-corrected chi connectivity index (χ0v) is 16.8. The second kappa shape index (κ2) is 7.75. The van der Waals surface area contributed by atoms with E-state index in [0.717, 1.165) is 30.0 Å². The van der Waals surface area contributed by atoms with Crippen molar-refractivity contribution in [1.29, 1.82) is 0 Å². The first-order chi connectivity index (χ1) is 12.9. The molecular formula is C22H33N5. The van der Waals surface area contributed by atoms with Gasteiger partial charge in [-0.05, 0) is 62.7 Å². The number of hydrogen-bond donors (Lipinski definition) is 3. The predicted octanol–water partition coefficient (Wildman–Crippen LogP) is 4.58. The third-order valence-electron chi connectivity index (χ3n) is 6.71. The second-order valence-electron chi connectivity index (χ2n) is 8.39. The van der Waals surface area contributed by atoms with Crippen molar-refractivity contribution in [2.24, 2.45) is 16.6 Å². The molecule has 146 valence electrons. The van der Waals surface area contributed by atoms with Crippen LogP contribution in [0.5, 0.6) is 0 Å². The van der Waals surface area contributed by atoms with Gasteiger partial charge in [0.25, 0.3) is 0 Å². The van der Waals surface area contributed by atoms with E-state index in [1.54, 1.807) is 18.7 Å². The van der Waals surface area contributed by atoms with Crippen LogP contribution in [0.3, 0.4) is 0 Å². The molecule has 3 fully saturated rings. The lowest BCUT2D eigenvalue weighted by Gasteiger charge is -2.54. The Labute approximate surface area is 163 Å². The molecular weight excluding hydrogens is 334 g/mol. The molecule has 0 aromatic carbocycles. The Balaban J connectivity index is 1.63. The molecule has 1 aromatic heterocycles. The molecule has 0 radical (unpaired) electrons. The molecule has 1 heterocycles. The summed E-state index contributed by atoms with van der Waals surface area (Å²) >= 11 is 0. The highest BCUT2D eigenvalue weighted by Crippen LogP contribution is 2.59. The maximum atomic E-state index is 5.72. The largest absolute Gasteiger partial charge is 0.401 e. The molecule has 5 heteroatoms. The first-order valence-corrected chi connectivity index (χ1v) is 10.00. The van der Waals surface area contributed by atoms with Gasteiger partial charge >= 0.3 is 0 Å². The summed E-state index contributed by atoms with van der Waals surface area (Å²) in [4.78, 5) is 8.51. The number of hydrogen-bond acceptors (Lipinski definition) is 5. The lowest BCUT2D eigenvalue weighted by molar-refractivity contribution is 0.0163. The Morgan fingerprint density at radius 2 is 1.89 bits per heavy atom. The monoisotopic (exact) mass is 367 g/mol. The smallest absolute Gasteiger partial charge is 0.116 e. The van der Waals surface area contributed by atoms with Crippen LogP contribution in [-0.2, 0) is 0 Å². The van der Waals surface area contributed by atoms with Crippen molar-refractivity contribution >= 4 is 11.4 Å². The summed E-state index contributed by atoms with van der Waals surface area (Å²) in [5.41, 5.74) is 11.1. The van der Waals surface area contributed by atoms with E-state index in [0.29, 0.717) is 16.5 Å². The molecule has 3 aliphatic rings. The van der Waals surface area contributed by atoms with Gasteiger partial charge in [-0.3, -0.25) is 0 Å². The van der Waals surface area contributed by atoms with Crippen LogP contribution in [0.15, 0.2) is 43.2 Å². The number of fused-ring (bicyclic) bond motifs is 3. The Bertz CT molecular complexity index is 720. The summed E-state index contributed by atoms with van der Waals surface area (Å²) < 4.78 is 0. The summed E-state index contributed by atoms with van der Waals surface area (Å²) in [6, 6.07) is 0. The van der Waals surface area contributed by atoms with Crippen LogP contribution in [0.2, 0.25) is 0 Å². The summed E-state index contributed by atoms with van der Waals surface area (Å²) in [5.74, 6) is 0. The highest BCUT2D eigenvalue weighted by molar-refractivity contribution is 5.70. The lowest BCUT2D eigenvalue weighted by atomic mass is 9.51. The predicted molar refractivity (Wildman–Crippen MR) is 113 cm³/mol. The molecule has 4 rings (SSSR count). The van der Waals surface area contributed by atoms with Crippen molar-refractivity contribution in [2.45, 2.75) is 58.8 Å². The molecule has 0 unspecified atom stereocenters. The number of nitrogens with two attached hydrogens (primary N) is 1. The standard InChI is InChI=1S/C22H33N5/c1-5-16(2)22-9-6-21(7-10-22,8-11-22)14-26-18(4)20-19(13-24-15-27-20)25-12-17(3)23/h12-13,15,25-26H,2,4-11,14,23H2,1,3H3/b17-12+. The van der Waals surface area contributed by atoms with E-state index in [-0.39, 0.29) is 0 Å². The van der Waals surface area contributed by atoms with Crippen LogP contribution in [0, 0.1) is 10.8 Å². The van der Waals surface area contributed by atoms with Gasteiger partial charge in [-0.2, -0.15) is 0 Å². The Hall–Kier alpha value is -2.30. The van der Waals surface area contributed by atoms with Gasteiger partial charge in [0.1, 0.15) is 12.0 Å². The molecule has 3 aliphatic carbocycles. The fourth-order valence-corrected chi connectivity index (χ4v) is 4.68. The third-order valence-corrected chi connectivity index (χ3v) is 6.71. The number of nitrogens with zero attached hydrogens (tertiary/aromatic N) is 2. The average Bonchev–Trinajstić information content (AvgIpc) is 2.71. The normalized spacial score (nSPS) is 27.3. The average molecular weight is 368 g/mol. The minimum Gasteiger partial charge on any atom is -0.401 e. The highest BCUT2D eigenvalue weighted by atomic mass is 15.0. The van der Waals surface area contributed by atoms with Crippen molar-refractivity contribution in [3.8, 4) is 0 Å². The Kier molecular flexibility index (Phi) is 5.59. The number of nitrogens with one attached hydrogen (secondary N) is 2. The van der Waals surface area contributed by atoms with Crippen LogP contribution in [0.25, 0.3) is 5.70 Å². The van der Waals surface area contributed by atoms with Gasteiger partial charge in [0, 0.05) is 18.4 Å². The van der Waals surface area contributed by atoms with Crippen LogP contribution < -0.4 is 16.4 Å². The topological polar surface area (TPSA) is 75.9 Å². The SMILES string of the molecule is C=C(NCC12CCC(C(=C)CC)(CC1)CC2)c1ncncc1N/C=C(\C)N. The van der Waals surface area contributed by atoms with Gasteiger partial charge < -0.3 is 16.4 Å². The molecule has 2 bridgehead atoms. The zero-order valence-electron chi connectivity index (χ0n) is 16.8. The van der Waals surface area contributed by atoms with Crippen molar-refractivity contribution in [2.75, 3.05) is 11.9 Å². The van der Waals surface area contributed by atoms with E-state index in [2.05, 4.69) is 40.7 Å². The molecule has 0 spiro atoms. The molecule has 3 saturated carbocycles. The summed E-state index contributed by atoms with van der Waals surface area (Å²) in [7, 11) is 0. The molecule has 0 saturated heterocycles. The van der Waals surface area contributed by atoms with E-state index < -0.39 is 0 Å². The number of allylic oxidation sites excluding steroid dienone is 2. The Morgan fingerprint density at radius 3 is 2.48 bits per heavy atom. The lowest BCUT2D eigenvalue weighted by Crippen LogP contribution is -2.46. The van der Waals surface area contributed by atoms with Gasteiger partial charge in [-0.15, -0.1) is 0 Å². The van der Waals surface area contributed by atoms with Crippen LogP contribution >= 0.6 is 0 Å². The van der Waals surface area contributed by atoms with Crippen molar-refractivity contribution in [1.82, 2.24) is 15.3 Å². The maximum absolute atomic E-state index is 5.72. The summed E-state index contributed by atoms with van der Waals surface area (Å²) in [5, 5.41) is 6.73. The van der Waals surface area contributed by atoms with Gasteiger partial charge in [-0.25, -0.2) is 9.97 Å². The van der Waals surface area contributed by atoms with Crippen molar-refractivity contribution < 1.29 is 0 Å². The molecule has 0 amide bonds. The number of rotatable bonds is 8. The van der Waals surface area contributed by atoms with E-state index >= 15 is 0 Å². The molecule has 0 aliphatic heterocycles. The Morgan fingerprint density at radius 1 is 1.22 bits per heavy atom.